The first-order valence-electron chi connectivity index (χ1n) is 16.1. The number of hydrogen-bond acceptors (Lipinski definition) is 3. The van der Waals surface area contributed by atoms with Crippen LogP contribution in [0.5, 0.6) is 5.75 Å². The maximum absolute atomic E-state index is 15.2. The largest absolute Gasteiger partial charge is 0.490 e. The Morgan fingerprint density at radius 1 is 0.725 bits per heavy atom. The van der Waals surface area contributed by atoms with Gasteiger partial charge in [0.05, 0.1) is 5.56 Å². The molecule has 4 heteroatoms. The molecule has 0 bridgehead atoms. The molecule has 0 N–H and O–H groups in total. The van der Waals surface area contributed by atoms with Crippen LogP contribution in [0.15, 0.2) is 48.8 Å². The third-order valence-electron chi connectivity index (χ3n) is 8.25. The predicted molar refractivity (Wildman–Crippen MR) is 165 cm³/mol. The third kappa shape index (κ3) is 9.14. The van der Waals surface area contributed by atoms with E-state index in [1.54, 1.807) is 6.07 Å². The van der Waals surface area contributed by atoms with Crippen molar-refractivity contribution in [2.75, 3.05) is 0 Å². The van der Waals surface area contributed by atoms with E-state index < -0.39 is 0 Å². The van der Waals surface area contributed by atoms with E-state index in [1.165, 1.54) is 89.0 Å². The summed E-state index contributed by atoms with van der Waals surface area (Å²) in [5, 5.41) is 0. The number of aromatic nitrogens is 2. The molecule has 1 atom stereocenters. The average molecular weight is 545 g/mol. The number of hydrogen-bond donors (Lipinski definition) is 0. The van der Waals surface area contributed by atoms with Crippen molar-refractivity contribution in [2.24, 2.45) is 0 Å². The van der Waals surface area contributed by atoms with Crippen LogP contribution < -0.4 is 4.74 Å². The summed E-state index contributed by atoms with van der Waals surface area (Å²) in [6.45, 7) is 4.51. The van der Waals surface area contributed by atoms with Crippen LogP contribution in [0.3, 0.4) is 0 Å². The Morgan fingerprint density at radius 3 is 2.00 bits per heavy atom. The van der Waals surface area contributed by atoms with E-state index in [0.29, 0.717) is 11.4 Å². The van der Waals surface area contributed by atoms with E-state index in [9.17, 15) is 0 Å². The van der Waals surface area contributed by atoms with Crippen LogP contribution in [0.25, 0.3) is 22.5 Å². The molecule has 0 radical (unpaired) electrons. The average Bonchev–Trinajstić information content (AvgIpc) is 3.39. The number of unbranched alkanes of at least 4 members (excludes halogenated alkanes) is 12. The number of ether oxygens (including phenoxy) is 1. The first-order chi connectivity index (χ1) is 19.7. The molecule has 2 aromatic carbocycles. The maximum atomic E-state index is 15.2. The van der Waals surface area contributed by atoms with E-state index >= 15 is 4.39 Å². The van der Waals surface area contributed by atoms with E-state index in [-0.39, 0.29) is 11.9 Å². The second kappa shape index (κ2) is 16.5. The molecule has 1 aliphatic rings. The van der Waals surface area contributed by atoms with E-state index in [0.717, 1.165) is 48.1 Å². The minimum Gasteiger partial charge on any atom is -0.490 e. The number of halogens is 1. The zero-order valence-corrected chi connectivity index (χ0v) is 24.9. The summed E-state index contributed by atoms with van der Waals surface area (Å²) in [4.78, 5) is 8.99. The van der Waals surface area contributed by atoms with Crippen LogP contribution in [-0.4, -0.2) is 16.1 Å². The summed E-state index contributed by atoms with van der Waals surface area (Å²) in [7, 11) is 0. The molecule has 0 spiro atoms. The lowest BCUT2D eigenvalue weighted by molar-refractivity contribution is 0.216. The van der Waals surface area contributed by atoms with Crippen LogP contribution >= 0.6 is 0 Å². The van der Waals surface area contributed by atoms with Crippen LogP contribution in [0, 0.1) is 5.82 Å². The van der Waals surface area contributed by atoms with Crippen LogP contribution in [-0.2, 0) is 12.8 Å². The molecule has 0 amide bonds. The van der Waals surface area contributed by atoms with Gasteiger partial charge >= 0.3 is 0 Å². The van der Waals surface area contributed by atoms with Crippen molar-refractivity contribution in [3.63, 3.8) is 0 Å². The maximum Gasteiger partial charge on any atom is 0.162 e. The van der Waals surface area contributed by atoms with Crippen LogP contribution in [0.2, 0.25) is 0 Å². The molecule has 1 aliphatic heterocycles. The normalized spacial score (nSPS) is 14.3. The molecule has 1 aromatic heterocycles. The topological polar surface area (TPSA) is 35.0 Å². The van der Waals surface area contributed by atoms with Gasteiger partial charge in [0.2, 0.25) is 0 Å². The highest BCUT2D eigenvalue weighted by atomic mass is 19.1. The standard InChI is InChI=1S/C36H49FN2O/c1-3-5-7-9-11-12-13-15-17-28-26-38-36(39-27-28)33-21-19-30(25-34(33)37)29-20-22-35-31(23-29)24-32(40-35)18-16-14-10-8-6-4-2/h19-23,25-27,32H,3-18,24H2,1-2H3. The molecule has 0 aliphatic carbocycles. The SMILES string of the molecule is CCCCCCCCCCc1cnc(-c2ccc(-c3ccc4c(c3)CC(CCCCCCCC)O4)cc2F)nc1. The molecular weight excluding hydrogens is 495 g/mol. The van der Waals surface area contributed by atoms with Crippen molar-refractivity contribution in [3.05, 3.63) is 65.7 Å². The van der Waals surface area contributed by atoms with Gasteiger partial charge in [-0.3, -0.25) is 0 Å². The predicted octanol–water partition coefficient (Wildman–Crippen LogP) is 10.7. The molecular formula is C36H49FN2O. The van der Waals surface area contributed by atoms with Gasteiger partial charge in [0.1, 0.15) is 17.7 Å². The van der Waals surface area contributed by atoms with Gasteiger partial charge in [-0.15, -0.1) is 0 Å². The second-order valence-electron chi connectivity index (χ2n) is 11.7. The number of aryl methyl sites for hydroxylation is 1. The summed E-state index contributed by atoms with van der Waals surface area (Å²) in [5.74, 6) is 1.15. The third-order valence-corrected chi connectivity index (χ3v) is 8.25. The van der Waals surface area contributed by atoms with Crippen molar-refractivity contribution in [3.8, 4) is 28.3 Å². The lowest BCUT2D eigenvalue weighted by Gasteiger charge is -2.10. The summed E-state index contributed by atoms with van der Waals surface area (Å²) >= 11 is 0. The monoisotopic (exact) mass is 544 g/mol. The fourth-order valence-corrected chi connectivity index (χ4v) is 5.78. The smallest absolute Gasteiger partial charge is 0.162 e. The summed E-state index contributed by atoms with van der Waals surface area (Å²) in [6.07, 6.45) is 25.3. The Morgan fingerprint density at radius 2 is 1.32 bits per heavy atom. The highest BCUT2D eigenvalue weighted by molar-refractivity contribution is 5.70. The molecule has 0 fully saturated rings. The Hall–Kier alpha value is -2.75. The van der Waals surface area contributed by atoms with E-state index in [2.05, 4.69) is 29.9 Å². The van der Waals surface area contributed by atoms with E-state index in [1.807, 2.05) is 36.7 Å². The second-order valence-corrected chi connectivity index (χ2v) is 11.7. The fraction of sp³-hybridized carbons (Fsp3) is 0.556. The van der Waals surface area contributed by atoms with Crippen LogP contribution in [0.1, 0.15) is 121 Å². The van der Waals surface area contributed by atoms with Crippen molar-refractivity contribution in [1.29, 1.82) is 0 Å². The molecule has 3 aromatic rings. The van der Waals surface area contributed by atoms with E-state index in [4.69, 9.17) is 4.74 Å². The zero-order valence-electron chi connectivity index (χ0n) is 24.9. The number of nitrogens with zero attached hydrogens (tertiary/aromatic N) is 2. The lowest BCUT2D eigenvalue weighted by atomic mass is 9.98. The molecule has 40 heavy (non-hydrogen) atoms. The van der Waals surface area contributed by atoms with Gasteiger partial charge in [0.15, 0.2) is 5.82 Å². The molecule has 216 valence electrons. The summed E-state index contributed by atoms with van der Waals surface area (Å²) in [5.41, 5.74) is 4.70. The van der Waals surface area contributed by atoms with Crippen molar-refractivity contribution in [2.45, 2.75) is 129 Å². The number of fused-ring (bicyclic) bond motifs is 1. The van der Waals surface area contributed by atoms with Gasteiger partial charge in [-0.05, 0) is 72.2 Å². The molecule has 2 heterocycles. The van der Waals surface area contributed by atoms with Crippen molar-refractivity contribution in [1.82, 2.24) is 9.97 Å². The first kappa shape index (κ1) is 30.2. The van der Waals surface area contributed by atoms with Crippen LogP contribution in [0.4, 0.5) is 4.39 Å². The Labute approximate surface area is 242 Å². The van der Waals surface area contributed by atoms with Gasteiger partial charge in [-0.25, -0.2) is 14.4 Å². The lowest BCUT2D eigenvalue weighted by Crippen LogP contribution is -2.12. The van der Waals surface area contributed by atoms with Crippen molar-refractivity contribution < 1.29 is 9.13 Å². The van der Waals surface area contributed by atoms with Gasteiger partial charge in [0, 0.05) is 18.8 Å². The molecule has 3 nitrogen and oxygen atoms in total. The zero-order chi connectivity index (χ0) is 28.0. The number of rotatable bonds is 18. The Kier molecular flexibility index (Phi) is 12.5. The minimum atomic E-state index is -0.286. The Bertz CT molecular complexity index is 1160. The van der Waals surface area contributed by atoms with Gasteiger partial charge in [-0.2, -0.15) is 0 Å². The molecule has 4 rings (SSSR count). The Balaban J connectivity index is 1.26. The van der Waals surface area contributed by atoms with Crippen molar-refractivity contribution >= 4 is 0 Å². The highest BCUT2D eigenvalue weighted by Gasteiger charge is 2.23. The molecule has 0 saturated heterocycles. The fourth-order valence-electron chi connectivity index (χ4n) is 5.78. The molecule has 1 unspecified atom stereocenters. The summed E-state index contributed by atoms with van der Waals surface area (Å²) in [6, 6.07) is 11.6. The van der Waals surface area contributed by atoms with Gasteiger partial charge < -0.3 is 4.74 Å². The number of benzene rings is 2. The molecule has 0 saturated carbocycles. The minimum absolute atomic E-state index is 0.270. The highest BCUT2D eigenvalue weighted by Crippen LogP contribution is 2.35. The summed E-state index contributed by atoms with van der Waals surface area (Å²) < 4.78 is 21.4. The van der Waals surface area contributed by atoms with Gasteiger partial charge in [-0.1, -0.05) is 103 Å². The van der Waals surface area contributed by atoms with Gasteiger partial charge in [0.25, 0.3) is 0 Å². The quantitative estimate of drug-likeness (QED) is 0.149. The first-order valence-corrected chi connectivity index (χ1v) is 16.1.